The van der Waals surface area contributed by atoms with E-state index in [0.29, 0.717) is 19.4 Å². The van der Waals surface area contributed by atoms with Crippen LogP contribution in [0.25, 0.3) is 0 Å². The van der Waals surface area contributed by atoms with Gasteiger partial charge in [0.15, 0.2) is 5.78 Å². The minimum Gasteiger partial charge on any atom is -0.339 e. The van der Waals surface area contributed by atoms with Gasteiger partial charge in [0.2, 0.25) is 5.91 Å². The molecule has 1 rings (SSSR count). The van der Waals surface area contributed by atoms with Gasteiger partial charge in [-0.1, -0.05) is 45.2 Å². The number of carbonyl (C=O) groups is 2. The summed E-state index contributed by atoms with van der Waals surface area (Å²) in [6, 6.07) is -0.151. The Hall–Kier alpha value is 0.560. The van der Waals surface area contributed by atoms with Crippen LogP contribution in [0.15, 0.2) is 0 Å². The number of ketones is 1. The number of hydrogen-bond acceptors (Lipinski definition) is 3. The molecule has 0 aromatic heterocycles. The Morgan fingerprint density at radius 1 is 1.25 bits per heavy atom. The number of piperazine rings is 1. The zero-order valence-electron chi connectivity index (χ0n) is 9.05. The van der Waals surface area contributed by atoms with Crippen LogP contribution in [0.3, 0.4) is 0 Å². The molecule has 0 aromatic carbocycles. The maximum atomic E-state index is 11.7. The Morgan fingerprint density at radius 2 is 1.94 bits per heavy atom. The van der Waals surface area contributed by atoms with Gasteiger partial charge in [-0.25, -0.2) is 0 Å². The van der Waals surface area contributed by atoms with Crippen molar-refractivity contribution in [2.75, 3.05) is 28.5 Å². The van der Waals surface area contributed by atoms with Gasteiger partial charge in [0.25, 0.3) is 0 Å². The highest BCUT2D eigenvalue weighted by Crippen LogP contribution is 2.06. The van der Waals surface area contributed by atoms with E-state index in [4.69, 9.17) is 0 Å². The minimum absolute atomic E-state index is 0.151. The Kier molecular flexibility index (Phi) is 7.13. The van der Waals surface area contributed by atoms with Gasteiger partial charge < -0.3 is 10.2 Å². The number of hydrogen-bond donors (Lipinski definition) is 1. The molecule has 0 spiro atoms. The largest absolute Gasteiger partial charge is 0.339 e. The van der Waals surface area contributed by atoms with E-state index in [-0.39, 0.29) is 17.7 Å². The van der Waals surface area contributed by atoms with Gasteiger partial charge in [-0.2, -0.15) is 0 Å². The number of nitrogens with one attached hydrogen (secondary N) is 1. The SMILES string of the molecule is O=C(CCI)C1CN(C(=O)CCI)CCN1. The molecule has 1 saturated heterocycles. The predicted molar refractivity (Wildman–Crippen MR) is 80.4 cm³/mol. The minimum atomic E-state index is -0.151. The standard InChI is InChI=1S/C10H16I2N2O2/c11-3-1-9(15)8-7-14(6-5-13-8)10(16)2-4-12/h8,13H,1-7H2. The summed E-state index contributed by atoms with van der Waals surface area (Å²) in [7, 11) is 0. The lowest BCUT2D eigenvalue weighted by molar-refractivity contribution is -0.133. The second-order valence-corrected chi connectivity index (χ2v) is 5.85. The van der Waals surface area contributed by atoms with Crippen LogP contribution in [0.2, 0.25) is 0 Å². The first-order chi connectivity index (χ1) is 7.69. The summed E-state index contributed by atoms with van der Waals surface area (Å²) in [5.74, 6) is 0.393. The van der Waals surface area contributed by atoms with Crippen molar-refractivity contribution in [1.29, 1.82) is 0 Å². The normalized spacial score (nSPS) is 20.9. The van der Waals surface area contributed by atoms with Crippen molar-refractivity contribution >= 4 is 56.9 Å². The molecule has 4 nitrogen and oxygen atoms in total. The average Bonchev–Trinajstić information content (AvgIpc) is 2.30. The molecular weight excluding hydrogens is 434 g/mol. The molecule has 6 heteroatoms. The van der Waals surface area contributed by atoms with E-state index in [2.05, 4.69) is 50.5 Å². The van der Waals surface area contributed by atoms with E-state index in [1.165, 1.54) is 0 Å². The summed E-state index contributed by atoms with van der Waals surface area (Å²) >= 11 is 4.40. The number of alkyl halides is 2. The van der Waals surface area contributed by atoms with Crippen molar-refractivity contribution < 1.29 is 9.59 Å². The van der Waals surface area contributed by atoms with E-state index in [1.807, 2.05) is 4.90 Å². The maximum Gasteiger partial charge on any atom is 0.223 e. The van der Waals surface area contributed by atoms with Crippen LogP contribution in [0.1, 0.15) is 12.8 Å². The molecule has 16 heavy (non-hydrogen) atoms. The van der Waals surface area contributed by atoms with E-state index < -0.39 is 0 Å². The molecule has 0 bridgehead atoms. The molecular formula is C10H16I2N2O2. The van der Waals surface area contributed by atoms with Crippen molar-refractivity contribution in [3.8, 4) is 0 Å². The van der Waals surface area contributed by atoms with Crippen LogP contribution in [-0.4, -0.2) is 51.1 Å². The number of rotatable bonds is 5. The molecule has 0 aliphatic carbocycles. The Morgan fingerprint density at radius 3 is 2.56 bits per heavy atom. The van der Waals surface area contributed by atoms with Gasteiger partial charge in [0, 0.05) is 41.3 Å². The molecule has 1 amide bonds. The van der Waals surface area contributed by atoms with E-state index in [1.54, 1.807) is 0 Å². The average molecular weight is 450 g/mol. The molecule has 1 fully saturated rings. The molecule has 1 aliphatic rings. The summed E-state index contributed by atoms with van der Waals surface area (Å²) in [4.78, 5) is 25.2. The summed E-state index contributed by atoms with van der Waals surface area (Å²) in [6.07, 6.45) is 1.17. The third-order valence-electron chi connectivity index (χ3n) is 2.57. The third kappa shape index (κ3) is 4.44. The van der Waals surface area contributed by atoms with Gasteiger partial charge in [-0.05, 0) is 0 Å². The van der Waals surface area contributed by atoms with E-state index in [9.17, 15) is 9.59 Å². The van der Waals surface area contributed by atoms with Gasteiger partial charge >= 0.3 is 0 Å². The lowest BCUT2D eigenvalue weighted by Gasteiger charge is -2.33. The molecule has 0 aromatic rings. The van der Waals surface area contributed by atoms with Crippen molar-refractivity contribution in [3.63, 3.8) is 0 Å². The number of halogens is 2. The molecule has 1 heterocycles. The van der Waals surface area contributed by atoms with Gasteiger partial charge in [-0.3, -0.25) is 9.59 Å². The van der Waals surface area contributed by atoms with Crippen LogP contribution in [-0.2, 0) is 9.59 Å². The molecule has 0 saturated carbocycles. The summed E-state index contributed by atoms with van der Waals surface area (Å²) in [5, 5.41) is 3.18. The van der Waals surface area contributed by atoms with Gasteiger partial charge in [0.1, 0.15) is 0 Å². The fourth-order valence-corrected chi connectivity index (χ4v) is 2.69. The first-order valence-corrected chi connectivity index (χ1v) is 8.40. The number of Topliss-reactive ketones (excluding diaryl/α,β-unsaturated/α-hetero) is 1. The van der Waals surface area contributed by atoms with Crippen molar-refractivity contribution in [1.82, 2.24) is 10.2 Å². The highest BCUT2D eigenvalue weighted by Gasteiger charge is 2.26. The molecule has 1 N–H and O–H groups in total. The second kappa shape index (κ2) is 7.80. The highest BCUT2D eigenvalue weighted by molar-refractivity contribution is 14.1. The Bertz CT molecular complexity index is 237. The number of nitrogens with zero attached hydrogens (tertiary/aromatic N) is 1. The lowest BCUT2D eigenvalue weighted by Crippen LogP contribution is -2.55. The predicted octanol–water partition coefficient (Wildman–Crippen LogP) is 1.01. The van der Waals surface area contributed by atoms with Gasteiger partial charge in [0.05, 0.1) is 6.04 Å². The Balaban J connectivity index is 2.46. The lowest BCUT2D eigenvalue weighted by atomic mass is 10.1. The first-order valence-electron chi connectivity index (χ1n) is 5.35. The van der Waals surface area contributed by atoms with Crippen LogP contribution in [0.4, 0.5) is 0 Å². The highest BCUT2D eigenvalue weighted by atomic mass is 127. The molecule has 1 unspecified atom stereocenters. The monoisotopic (exact) mass is 450 g/mol. The molecule has 0 radical (unpaired) electrons. The van der Waals surface area contributed by atoms with E-state index >= 15 is 0 Å². The van der Waals surface area contributed by atoms with Crippen LogP contribution >= 0.6 is 45.2 Å². The van der Waals surface area contributed by atoms with E-state index in [0.717, 1.165) is 21.9 Å². The molecule has 1 atom stereocenters. The fraction of sp³-hybridized carbons (Fsp3) is 0.800. The smallest absolute Gasteiger partial charge is 0.223 e. The molecule has 1 aliphatic heterocycles. The summed E-state index contributed by atoms with van der Waals surface area (Å²) < 4.78 is 1.68. The Labute approximate surface area is 123 Å². The quantitative estimate of drug-likeness (QED) is 0.503. The summed E-state index contributed by atoms with van der Waals surface area (Å²) in [5.41, 5.74) is 0. The fourth-order valence-electron chi connectivity index (χ4n) is 1.70. The zero-order chi connectivity index (χ0) is 12.0. The van der Waals surface area contributed by atoms with Crippen LogP contribution < -0.4 is 5.32 Å². The number of amides is 1. The van der Waals surface area contributed by atoms with Crippen LogP contribution in [0, 0.1) is 0 Å². The molecule has 92 valence electrons. The first kappa shape index (κ1) is 14.6. The number of carbonyl (C=O) groups excluding carboxylic acids is 2. The topological polar surface area (TPSA) is 49.4 Å². The third-order valence-corrected chi connectivity index (χ3v) is 3.64. The van der Waals surface area contributed by atoms with Crippen molar-refractivity contribution in [2.45, 2.75) is 18.9 Å². The second-order valence-electron chi connectivity index (χ2n) is 3.69. The van der Waals surface area contributed by atoms with Gasteiger partial charge in [-0.15, -0.1) is 0 Å². The van der Waals surface area contributed by atoms with Crippen LogP contribution in [0.5, 0.6) is 0 Å². The summed E-state index contributed by atoms with van der Waals surface area (Å²) in [6.45, 7) is 2.00. The van der Waals surface area contributed by atoms with Crippen molar-refractivity contribution in [3.05, 3.63) is 0 Å². The zero-order valence-corrected chi connectivity index (χ0v) is 13.4. The maximum absolute atomic E-state index is 11.7. The van der Waals surface area contributed by atoms with Crippen molar-refractivity contribution in [2.24, 2.45) is 0 Å².